The molecule has 0 aromatic carbocycles. The van der Waals surface area contributed by atoms with Crippen LogP contribution in [0, 0.1) is 5.92 Å². The number of nitrogens with one attached hydrogen (secondary N) is 1. The molecule has 0 spiro atoms. The molecule has 2 aromatic rings. The second-order valence-electron chi connectivity index (χ2n) is 6.20. The summed E-state index contributed by atoms with van der Waals surface area (Å²) in [5, 5.41) is 5.04. The van der Waals surface area contributed by atoms with E-state index in [0.717, 1.165) is 35.0 Å². The molecule has 0 saturated heterocycles. The molecule has 5 nitrogen and oxygen atoms in total. The Bertz CT molecular complexity index is 717. The van der Waals surface area contributed by atoms with E-state index in [1.165, 1.54) is 34.0 Å². The number of amides is 1. The van der Waals surface area contributed by atoms with E-state index in [4.69, 9.17) is 4.74 Å². The minimum atomic E-state index is 0.0422. The van der Waals surface area contributed by atoms with Gasteiger partial charge in [-0.05, 0) is 37.2 Å². The average Bonchev–Trinajstić information content (AvgIpc) is 2.94. The van der Waals surface area contributed by atoms with Crippen LogP contribution in [-0.2, 0) is 22.4 Å². The number of rotatable bonds is 7. The van der Waals surface area contributed by atoms with Crippen LogP contribution in [0.4, 0.5) is 0 Å². The number of carbonyl (C=O) groups is 1. The number of thioether (sulfide) groups is 1. The van der Waals surface area contributed by atoms with Crippen molar-refractivity contribution in [3.63, 3.8) is 0 Å². The number of thiophene rings is 1. The summed E-state index contributed by atoms with van der Waals surface area (Å²) in [4.78, 5) is 23.4. The standard InChI is InChI=1S/C17H23N3O2S2/c1-11-4-5-12-13(8-11)24-17-15(12)16(19-10-20-17)23-9-14(21)18-6-3-7-22-2/h10-11H,3-9H2,1-2H3,(H,18,21)/t11-/m0/s1. The number of aryl methyl sites for hydroxylation is 1. The Morgan fingerprint density at radius 1 is 1.50 bits per heavy atom. The Morgan fingerprint density at radius 2 is 2.38 bits per heavy atom. The Hall–Kier alpha value is -1.18. The fraction of sp³-hybridized carbons (Fsp3) is 0.588. The van der Waals surface area contributed by atoms with Gasteiger partial charge in [0.05, 0.1) is 5.75 Å². The van der Waals surface area contributed by atoms with E-state index < -0.39 is 0 Å². The van der Waals surface area contributed by atoms with Crippen LogP contribution < -0.4 is 5.32 Å². The normalized spacial score (nSPS) is 17.0. The first-order chi connectivity index (χ1) is 11.7. The van der Waals surface area contributed by atoms with E-state index in [1.807, 2.05) is 0 Å². The largest absolute Gasteiger partial charge is 0.385 e. The predicted molar refractivity (Wildman–Crippen MR) is 98.8 cm³/mol. The molecule has 0 fully saturated rings. The third-order valence-electron chi connectivity index (χ3n) is 4.24. The third-order valence-corrected chi connectivity index (χ3v) is 6.40. The van der Waals surface area contributed by atoms with Gasteiger partial charge in [0.15, 0.2) is 0 Å². The van der Waals surface area contributed by atoms with Gasteiger partial charge in [0.2, 0.25) is 5.91 Å². The van der Waals surface area contributed by atoms with Gasteiger partial charge in [-0.3, -0.25) is 4.79 Å². The van der Waals surface area contributed by atoms with E-state index in [2.05, 4.69) is 22.2 Å². The minimum absolute atomic E-state index is 0.0422. The first-order valence-corrected chi connectivity index (χ1v) is 10.1. The molecule has 0 aliphatic heterocycles. The van der Waals surface area contributed by atoms with Crippen LogP contribution in [0.15, 0.2) is 11.4 Å². The van der Waals surface area contributed by atoms with Crippen molar-refractivity contribution in [3.05, 3.63) is 16.8 Å². The van der Waals surface area contributed by atoms with E-state index in [-0.39, 0.29) is 5.91 Å². The lowest BCUT2D eigenvalue weighted by molar-refractivity contribution is -0.118. The number of hydrogen-bond acceptors (Lipinski definition) is 6. The Morgan fingerprint density at radius 3 is 3.21 bits per heavy atom. The summed E-state index contributed by atoms with van der Waals surface area (Å²) < 4.78 is 4.98. The molecule has 1 N–H and O–H groups in total. The summed E-state index contributed by atoms with van der Waals surface area (Å²) in [7, 11) is 1.67. The van der Waals surface area contributed by atoms with Crippen molar-refractivity contribution in [3.8, 4) is 0 Å². The number of fused-ring (bicyclic) bond motifs is 3. The van der Waals surface area contributed by atoms with Gasteiger partial charge in [0.1, 0.15) is 16.2 Å². The molecule has 1 amide bonds. The number of methoxy groups -OCH3 is 1. The molecule has 0 bridgehead atoms. The fourth-order valence-electron chi connectivity index (χ4n) is 2.98. The molecular formula is C17H23N3O2S2. The zero-order valence-electron chi connectivity index (χ0n) is 14.1. The molecule has 7 heteroatoms. The Labute approximate surface area is 150 Å². The topological polar surface area (TPSA) is 64.1 Å². The maximum absolute atomic E-state index is 12.0. The zero-order valence-corrected chi connectivity index (χ0v) is 15.8. The summed E-state index contributed by atoms with van der Waals surface area (Å²) in [6.07, 6.45) is 5.91. The van der Waals surface area contributed by atoms with Gasteiger partial charge in [-0.1, -0.05) is 18.7 Å². The van der Waals surface area contributed by atoms with Crippen molar-refractivity contribution in [1.82, 2.24) is 15.3 Å². The molecule has 2 heterocycles. The van der Waals surface area contributed by atoms with E-state index in [9.17, 15) is 4.79 Å². The number of ether oxygens (including phenoxy) is 1. The van der Waals surface area contributed by atoms with Gasteiger partial charge in [-0.2, -0.15) is 0 Å². The van der Waals surface area contributed by atoms with Crippen molar-refractivity contribution in [2.75, 3.05) is 26.0 Å². The van der Waals surface area contributed by atoms with E-state index >= 15 is 0 Å². The van der Waals surface area contributed by atoms with Crippen molar-refractivity contribution < 1.29 is 9.53 Å². The molecule has 1 atom stereocenters. The second-order valence-corrected chi connectivity index (χ2v) is 8.24. The summed E-state index contributed by atoms with van der Waals surface area (Å²) in [6, 6.07) is 0. The SMILES string of the molecule is COCCCNC(=O)CSc1ncnc2sc3c(c12)CC[C@H](C)C3. The molecule has 1 aliphatic rings. The lowest BCUT2D eigenvalue weighted by Crippen LogP contribution is -2.26. The van der Waals surface area contributed by atoms with Gasteiger partial charge < -0.3 is 10.1 Å². The maximum atomic E-state index is 12.0. The van der Waals surface area contributed by atoms with Crippen molar-refractivity contribution in [2.24, 2.45) is 5.92 Å². The number of aromatic nitrogens is 2. The highest BCUT2D eigenvalue weighted by Gasteiger charge is 2.23. The molecule has 24 heavy (non-hydrogen) atoms. The van der Waals surface area contributed by atoms with Gasteiger partial charge >= 0.3 is 0 Å². The third kappa shape index (κ3) is 4.07. The second kappa shape index (κ2) is 8.27. The van der Waals surface area contributed by atoms with Crippen molar-refractivity contribution in [2.45, 2.75) is 37.6 Å². The van der Waals surface area contributed by atoms with Crippen LogP contribution in [0.1, 0.15) is 30.2 Å². The first kappa shape index (κ1) is 17.6. The van der Waals surface area contributed by atoms with Crippen molar-refractivity contribution >= 4 is 39.2 Å². The lowest BCUT2D eigenvalue weighted by Gasteiger charge is -2.18. The first-order valence-electron chi connectivity index (χ1n) is 8.32. The Kier molecular flexibility index (Phi) is 6.08. The van der Waals surface area contributed by atoms with Crippen LogP contribution in [0.25, 0.3) is 10.2 Å². The maximum Gasteiger partial charge on any atom is 0.230 e. The number of hydrogen-bond donors (Lipinski definition) is 1. The quantitative estimate of drug-likeness (QED) is 0.464. The average molecular weight is 366 g/mol. The van der Waals surface area contributed by atoms with E-state index in [1.54, 1.807) is 24.8 Å². The number of nitrogens with zero attached hydrogens (tertiary/aromatic N) is 2. The van der Waals surface area contributed by atoms with Crippen LogP contribution in [0.5, 0.6) is 0 Å². The van der Waals surface area contributed by atoms with Gasteiger partial charge in [0, 0.05) is 30.5 Å². The van der Waals surface area contributed by atoms with E-state index in [0.29, 0.717) is 18.9 Å². The number of carbonyl (C=O) groups excluding carboxylic acids is 1. The highest BCUT2D eigenvalue weighted by molar-refractivity contribution is 8.00. The Balaban J connectivity index is 1.68. The van der Waals surface area contributed by atoms with Crippen molar-refractivity contribution in [1.29, 1.82) is 0 Å². The molecular weight excluding hydrogens is 342 g/mol. The fourth-order valence-corrected chi connectivity index (χ4v) is 5.26. The molecule has 0 saturated carbocycles. The highest BCUT2D eigenvalue weighted by atomic mass is 32.2. The molecule has 1 aliphatic carbocycles. The monoisotopic (exact) mass is 365 g/mol. The smallest absolute Gasteiger partial charge is 0.230 e. The summed E-state index contributed by atoms with van der Waals surface area (Å²) in [5.41, 5.74) is 1.41. The minimum Gasteiger partial charge on any atom is -0.385 e. The van der Waals surface area contributed by atoms with Crippen LogP contribution in [0.2, 0.25) is 0 Å². The summed E-state index contributed by atoms with van der Waals surface area (Å²) in [6.45, 7) is 3.63. The molecule has 0 radical (unpaired) electrons. The summed E-state index contributed by atoms with van der Waals surface area (Å²) >= 11 is 3.30. The molecule has 0 unspecified atom stereocenters. The zero-order chi connectivity index (χ0) is 16.9. The summed E-state index contributed by atoms with van der Waals surface area (Å²) in [5.74, 6) is 1.17. The predicted octanol–water partition coefficient (Wildman–Crippen LogP) is 3.06. The molecule has 130 valence electrons. The van der Waals surface area contributed by atoms with Crippen LogP contribution >= 0.6 is 23.1 Å². The highest BCUT2D eigenvalue weighted by Crippen LogP contribution is 2.40. The van der Waals surface area contributed by atoms with Gasteiger partial charge in [-0.25, -0.2) is 9.97 Å². The van der Waals surface area contributed by atoms with Crippen LogP contribution in [0.3, 0.4) is 0 Å². The van der Waals surface area contributed by atoms with Gasteiger partial charge in [0.25, 0.3) is 0 Å². The molecule has 3 rings (SSSR count). The molecule has 2 aromatic heterocycles. The lowest BCUT2D eigenvalue weighted by atomic mass is 9.89. The van der Waals surface area contributed by atoms with Crippen LogP contribution in [-0.4, -0.2) is 41.9 Å². The van der Waals surface area contributed by atoms with Gasteiger partial charge in [-0.15, -0.1) is 11.3 Å².